The van der Waals surface area contributed by atoms with Crippen LogP contribution in [0.4, 0.5) is 0 Å². The monoisotopic (exact) mass is 510 g/mol. The van der Waals surface area contributed by atoms with Gasteiger partial charge in [0, 0.05) is 28.3 Å². The van der Waals surface area contributed by atoms with Gasteiger partial charge in [-0.3, -0.25) is 9.59 Å². The van der Waals surface area contributed by atoms with Gasteiger partial charge in [-0.05, 0) is 48.2 Å². The molecule has 0 aromatic heterocycles. The Morgan fingerprint density at radius 3 is 2.23 bits per heavy atom. The van der Waals surface area contributed by atoms with Gasteiger partial charge in [0.2, 0.25) is 11.8 Å². The first-order valence-corrected chi connectivity index (χ1v) is 12.2. The largest absolute Gasteiger partial charge is 0.354 e. The third-order valence-electron chi connectivity index (χ3n) is 4.53. The number of amides is 2. The van der Waals surface area contributed by atoms with Crippen LogP contribution in [0.25, 0.3) is 0 Å². The van der Waals surface area contributed by atoms with Gasteiger partial charge in [0.15, 0.2) is 0 Å². The number of halogens is 2. The lowest BCUT2D eigenvalue weighted by Gasteiger charge is -2.29. The minimum absolute atomic E-state index is 0.0518. The molecule has 0 fully saturated rings. The van der Waals surface area contributed by atoms with Crippen molar-refractivity contribution in [3.05, 3.63) is 69.2 Å². The first kappa shape index (κ1) is 24.8. The maximum absolute atomic E-state index is 13.0. The van der Waals surface area contributed by atoms with E-state index in [4.69, 9.17) is 11.6 Å². The van der Waals surface area contributed by atoms with Gasteiger partial charge in [0.05, 0.1) is 5.75 Å². The van der Waals surface area contributed by atoms with Crippen molar-refractivity contribution in [2.45, 2.75) is 39.1 Å². The molecule has 7 heteroatoms. The molecule has 0 radical (unpaired) electrons. The lowest BCUT2D eigenvalue weighted by Crippen LogP contribution is -2.48. The third-order valence-corrected chi connectivity index (χ3v) is 6.29. The molecule has 0 aliphatic carbocycles. The van der Waals surface area contributed by atoms with Crippen LogP contribution < -0.4 is 5.32 Å². The van der Waals surface area contributed by atoms with Gasteiger partial charge in [-0.15, -0.1) is 11.8 Å². The van der Waals surface area contributed by atoms with Crippen molar-refractivity contribution >= 4 is 51.1 Å². The second kappa shape index (κ2) is 12.4. The fourth-order valence-electron chi connectivity index (χ4n) is 2.74. The van der Waals surface area contributed by atoms with Gasteiger partial charge >= 0.3 is 0 Å². The SMILES string of the molecule is CC(C)CNC(=O)[C@@H](C)N(Cc1ccc(Br)cc1)C(=O)CSCc1ccc(Cl)cc1. The molecule has 2 aromatic carbocycles. The van der Waals surface area contributed by atoms with E-state index in [1.54, 1.807) is 11.8 Å². The van der Waals surface area contributed by atoms with E-state index < -0.39 is 6.04 Å². The number of nitrogens with zero attached hydrogens (tertiary/aromatic N) is 1. The molecule has 0 unspecified atom stereocenters. The molecule has 1 atom stereocenters. The van der Waals surface area contributed by atoms with Crippen LogP contribution in [0.3, 0.4) is 0 Å². The number of hydrogen-bond acceptors (Lipinski definition) is 3. The molecule has 2 aromatic rings. The molecule has 4 nitrogen and oxygen atoms in total. The van der Waals surface area contributed by atoms with Crippen LogP contribution in [0, 0.1) is 5.92 Å². The fourth-order valence-corrected chi connectivity index (χ4v) is 4.00. The van der Waals surface area contributed by atoms with Gasteiger partial charge in [-0.25, -0.2) is 0 Å². The Morgan fingerprint density at radius 2 is 1.63 bits per heavy atom. The van der Waals surface area contributed by atoms with Crippen LogP contribution in [0.1, 0.15) is 31.9 Å². The number of carbonyl (C=O) groups is 2. The summed E-state index contributed by atoms with van der Waals surface area (Å²) in [5, 5.41) is 3.64. The Kier molecular flexibility index (Phi) is 10.2. The quantitative estimate of drug-likeness (QED) is 0.456. The summed E-state index contributed by atoms with van der Waals surface area (Å²) in [5.74, 6) is 1.19. The molecule has 0 aliphatic rings. The van der Waals surface area contributed by atoms with Crippen LogP contribution >= 0.6 is 39.3 Å². The number of rotatable bonds is 10. The molecule has 2 rings (SSSR count). The molecule has 1 N–H and O–H groups in total. The topological polar surface area (TPSA) is 49.4 Å². The van der Waals surface area contributed by atoms with E-state index in [2.05, 4.69) is 21.2 Å². The van der Waals surface area contributed by atoms with Crippen LogP contribution in [-0.4, -0.2) is 35.1 Å². The molecule has 162 valence electrons. The highest BCUT2D eigenvalue weighted by Crippen LogP contribution is 2.18. The average Bonchev–Trinajstić information content (AvgIpc) is 2.72. The molecule has 30 heavy (non-hydrogen) atoms. The maximum atomic E-state index is 13.0. The van der Waals surface area contributed by atoms with E-state index in [0.29, 0.717) is 35.5 Å². The van der Waals surface area contributed by atoms with Gasteiger partial charge in [-0.1, -0.05) is 65.6 Å². The first-order valence-electron chi connectivity index (χ1n) is 9.90. The van der Waals surface area contributed by atoms with Crippen molar-refractivity contribution in [1.82, 2.24) is 10.2 Å². The summed E-state index contributed by atoms with van der Waals surface area (Å²) < 4.78 is 0.977. The molecule has 0 aliphatic heterocycles. The minimum atomic E-state index is -0.545. The van der Waals surface area contributed by atoms with Gasteiger partial charge < -0.3 is 10.2 Å². The maximum Gasteiger partial charge on any atom is 0.242 e. The van der Waals surface area contributed by atoms with E-state index in [1.807, 2.05) is 62.4 Å². The van der Waals surface area contributed by atoms with Gasteiger partial charge in [0.25, 0.3) is 0 Å². The zero-order valence-electron chi connectivity index (χ0n) is 17.5. The number of nitrogens with one attached hydrogen (secondary N) is 1. The molecular weight excluding hydrogens is 484 g/mol. The molecular formula is C23H28BrClN2O2S. The Hall–Kier alpha value is -1.50. The van der Waals surface area contributed by atoms with Crippen molar-refractivity contribution in [3.63, 3.8) is 0 Å². The zero-order chi connectivity index (χ0) is 22.1. The predicted molar refractivity (Wildman–Crippen MR) is 130 cm³/mol. The third kappa shape index (κ3) is 8.32. The van der Waals surface area contributed by atoms with E-state index >= 15 is 0 Å². The first-order chi connectivity index (χ1) is 14.3. The standard InChI is InChI=1S/C23H28BrClN2O2S/c1-16(2)12-26-23(29)17(3)27(13-18-4-8-20(24)9-5-18)22(28)15-30-14-19-6-10-21(25)11-7-19/h4-11,16-17H,12-15H2,1-3H3,(H,26,29)/t17-/m1/s1. The van der Waals surface area contributed by atoms with E-state index in [9.17, 15) is 9.59 Å². The summed E-state index contributed by atoms with van der Waals surface area (Å²) in [6, 6.07) is 14.9. The molecule has 0 heterocycles. The molecule has 0 saturated heterocycles. The highest BCUT2D eigenvalue weighted by molar-refractivity contribution is 9.10. The second-order valence-corrected chi connectivity index (χ2v) is 9.92. The number of carbonyl (C=O) groups excluding carboxylic acids is 2. The number of benzene rings is 2. The fraction of sp³-hybridized carbons (Fsp3) is 0.391. The van der Waals surface area contributed by atoms with Crippen molar-refractivity contribution in [2.75, 3.05) is 12.3 Å². The summed E-state index contributed by atoms with van der Waals surface area (Å²) >= 11 is 10.9. The van der Waals surface area contributed by atoms with E-state index in [0.717, 1.165) is 15.6 Å². The van der Waals surface area contributed by atoms with Crippen LogP contribution in [0.15, 0.2) is 53.0 Å². The van der Waals surface area contributed by atoms with Crippen LogP contribution in [-0.2, 0) is 21.9 Å². The van der Waals surface area contributed by atoms with E-state index in [-0.39, 0.29) is 11.8 Å². The summed E-state index contributed by atoms with van der Waals surface area (Å²) in [6.07, 6.45) is 0. The van der Waals surface area contributed by atoms with Crippen molar-refractivity contribution in [1.29, 1.82) is 0 Å². The van der Waals surface area contributed by atoms with E-state index in [1.165, 1.54) is 11.8 Å². The van der Waals surface area contributed by atoms with Gasteiger partial charge in [0.1, 0.15) is 6.04 Å². The molecule has 0 saturated carbocycles. The molecule has 0 bridgehead atoms. The lowest BCUT2D eigenvalue weighted by atomic mass is 10.1. The second-order valence-electron chi connectivity index (χ2n) is 7.58. The van der Waals surface area contributed by atoms with Crippen molar-refractivity contribution < 1.29 is 9.59 Å². The van der Waals surface area contributed by atoms with Crippen LogP contribution in [0.5, 0.6) is 0 Å². The normalized spacial score (nSPS) is 11.9. The highest BCUT2D eigenvalue weighted by Gasteiger charge is 2.26. The Labute approximate surface area is 196 Å². The Morgan fingerprint density at radius 1 is 1.03 bits per heavy atom. The lowest BCUT2D eigenvalue weighted by molar-refractivity contribution is -0.138. The summed E-state index contributed by atoms with van der Waals surface area (Å²) in [6.45, 7) is 6.86. The molecule has 2 amide bonds. The van der Waals surface area contributed by atoms with Crippen molar-refractivity contribution in [3.8, 4) is 0 Å². The summed E-state index contributed by atoms with van der Waals surface area (Å²) in [5.41, 5.74) is 2.09. The zero-order valence-corrected chi connectivity index (χ0v) is 20.7. The Bertz CT molecular complexity index is 828. The number of thioether (sulfide) groups is 1. The smallest absolute Gasteiger partial charge is 0.242 e. The summed E-state index contributed by atoms with van der Waals surface area (Å²) in [4.78, 5) is 27.3. The highest BCUT2D eigenvalue weighted by atomic mass is 79.9. The molecule has 0 spiro atoms. The predicted octanol–water partition coefficient (Wildman–Crippen LogP) is 5.53. The van der Waals surface area contributed by atoms with Gasteiger partial charge in [-0.2, -0.15) is 0 Å². The Balaban J connectivity index is 2.04. The minimum Gasteiger partial charge on any atom is -0.354 e. The van der Waals surface area contributed by atoms with Crippen molar-refractivity contribution in [2.24, 2.45) is 5.92 Å². The number of hydrogen-bond donors (Lipinski definition) is 1. The summed E-state index contributed by atoms with van der Waals surface area (Å²) in [7, 11) is 0. The van der Waals surface area contributed by atoms with Crippen LogP contribution in [0.2, 0.25) is 5.02 Å². The average molecular weight is 512 g/mol.